The molecule has 38 heavy (non-hydrogen) atoms. The van der Waals surface area contributed by atoms with Gasteiger partial charge in [-0.25, -0.2) is 19.9 Å². The summed E-state index contributed by atoms with van der Waals surface area (Å²) in [6.45, 7) is 1.03. The van der Waals surface area contributed by atoms with Crippen molar-refractivity contribution in [1.82, 2.24) is 24.4 Å². The fourth-order valence-corrected chi connectivity index (χ4v) is 4.99. The average molecular weight is 508 g/mol. The van der Waals surface area contributed by atoms with E-state index in [-0.39, 0.29) is 6.04 Å². The van der Waals surface area contributed by atoms with Crippen LogP contribution >= 0.6 is 0 Å². The molecular weight excluding hydrogens is 478 g/mol. The molecule has 0 amide bonds. The quantitative estimate of drug-likeness (QED) is 0.266. The summed E-state index contributed by atoms with van der Waals surface area (Å²) in [7, 11) is 0. The Morgan fingerprint density at radius 2 is 1.58 bits per heavy atom. The number of nitrogens with zero attached hydrogens (tertiary/aromatic N) is 5. The van der Waals surface area contributed by atoms with Gasteiger partial charge in [0, 0.05) is 42.1 Å². The molecule has 9 nitrogen and oxygen atoms in total. The molecule has 0 unspecified atom stereocenters. The number of hydrogen-bond acceptors (Lipinski definition) is 8. The summed E-state index contributed by atoms with van der Waals surface area (Å²) < 4.78 is 1.93. The van der Waals surface area contributed by atoms with Crippen LogP contribution in [0.2, 0.25) is 0 Å². The van der Waals surface area contributed by atoms with Crippen molar-refractivity contribution in [3.8, 4) is 28.3 Å². The first-order valence-electron chi connectivity index (χ1n) is 12.6. The van der Waals surface area contributed by atoms with Gasteiger partial charge < -0.3 is 21.7 Å². The van der Waals surface area contributed by atoms with Crippen LogP contribution in [0.4, 0.5) is 5.82 Å². The molecule has 1 aliphatic rings. The number of hydrogen-bond donors (Lipinski definition) is 4. The van der Waals surface area contributed by atoms with Crippen molar-refractivity contribution < 1.29 is 10.2 Å². The Morgan fingerprint density at radius 3 is 2.29 bits per heavy atom. The maximum Gasteiger partial charge on any atom is 0.253 e. The predicted molar refractivity (Wildman–Crippen MR) is 147 cm³/mol. The minimum atomic E-state index is -2.09. The van der Waals surface area contributed by atoms with Gasteiger partial charge in [0.05, 0.1) is 11.3 Å². The van der Waals surface area contributed by atoms with Gasteiger partial charge in [0.2, 0.25) is 0 Å². The fourth-order valence-electron chi connectivity index (χ4n) is 4.99. The molecule has 3 aromatic heterocycles. The molecule has 0 bridgehead atoms. The number of nitrogens with two attached hydrogens (primary N) is 2. The topological polar surface area (TPSA) is 139 Å². The Balaban J connectivity index is 1.47. The number of fused-ring (bicyclic) bond motifs is 1. The number of aromatic nitrogens is 4. The third kappa shape index (κ3) is 4.31. The first-order valence-corrected chi connectivity index (χ1v) is 12.6. The van der Waals surface area contributed by atoms with E-state index in [0.717, 1.165) is 16.9 Å². The van der Waals surface area contributed by atoms with Gasteiger partial charge in [-0.1, -0.05) is 42.5 Å². The van der Waals surface area contributed by atoms with Crippen LogP contribution in [-0.4, -0.2) is 53.8 Å². The van der Waals surface area contributed by atoms with E-state index in [2.05, 4.69) is 4.98 Å². The Bertz CT molecular complexity index is 1570. The van der Waals surface area contributed by atoms with Crippen molar-refractivity contribution in [1.29, 1.82) is 0 Å². The number of anilines is 1. The van der Waals surface area contributed by atoms with E-state index in [1.807, 2.05) is 71.3 Å². The van der Waals surface area contributed by atoms with Crippen LogP contribution in [0.25, 0.3) is 39.5 Å². The molecule has 192 valence electrons. The van der Waals surface area contributed by atoms with E-state index >= 15 is 0 Å². The molecule has 6 rings (SSSR count). The lowest BCUT2D eigenvalue weighted by Gasteiger charge is -2.39. The first kappa shape index (κ1) is 24.2. The molecule has 0 spiro atoms. The highest BCUT2D eigenvalue weighted by Crippen LogP contribution is 2.33. The van der Waals surface area contributed by atoms with Gasteiger partial charge in [-0.05, 0) is 49.2 Å². The molecule has 4 heterocycles. The molecule has 0 radical (unpaired) electrons. The summed E-state index contributed by atoms with van der Waals surface area (Å²) in [4.78, 5) is 15.7. The van der Waals surface area contributed by atoms with Gasteiger partial charge >= 0.3 is 0 Å². The minimum absolute atomic E-state index is 0.0885. The van der Waals surface area contributed by atoms with E-state index in [9.17, 15) is 10.2 Å². The highest BCUT2D eigenvalue weighted by atomic mass is 16.5. The van der Waals surface area contributed by atoms with Crippen molar-refractivity contribution in [2.45, 2.75) is 24.8 Å². The van der Waals surface area contributed by atoms with Gasteiger partial charge in [-0.2, -0.15) is 0 Å². The molecule has 5 aromatic rings. The van der Waals surface area contributed by atoms with Crippen LogP contribution in [0, 0.1) is 0 Å². The van der Waals surface area contributed by atoms with Crippen LogP contribution in [0.3, 0.4) is 0 Å². The van der Waals surface area contributed by atoms with E-state index in [0.29, 0.717) is 59.9 Å². The van der Waals surface area contributed by atoms with E-state index in [1.165, 1.54) is 0 Å². The normalized spacial score (nSPS) is 15.2. The van der Waals surface area contributed by atoms with Crippen LogP contribution in [-0.2, 0) is 5.91 Å². The summed E-state index contributed by atoms with van der Waals surface area (Å²) in [5, 5.41) is 22.0. The second-order valence-electron chi connectivity index (χ2n) is 9.62. The van der Waals surface area contributed by atoms with E-state index in [1.54, 1.807) is 23.2 Å². The zero-order valence-corrected chi connectivity index (χ0v) is 20.8. The molecule has 2 aromatic carbocycles. The summed E-state index contributed by atoms with van der Waals surface area (Å²) >= 11 is 0. The molecular formula is C29H29N7O2. The molecule has 1 aliphatic heterocycles. The van der Waals surface area contributed by atoms with Crippen molar-refractivity contribution in [2.75, 3.05) is 18.8 Å². The van der Waals surface area contributed by atoms with Crippen molar-refractivity contribution in [2.24, 2.45) is 5.73 Å². The Kier molecular flexibility index (Phi) is 6.13. The highest BCUT2D eigenvalue weighted by molar-refractivity contribution is 5.84. The first-order chi connectivity index (χ1) is 18.4. The van der Waals surface area contributed by atoms with Gasteiger partial charge in [0.25, 0.3) is 5.91 Å². The number of benzene rings is 2. The third-order valence-corrected chi connectivity index (χ3v) is 7.15. The monoisotopic (exact) mass is 507 g/mol. The standard InChI is InChI=1S/C29H29N7O2/c30-21-14-17-35(18-15-21)29(37,38)20-8-10-22(11-9-20)36-27(23-7-4-16-32-26(23)31)34-25-13-12-24(33-28(25)36)19-5-2-1-3-6-19/h1-13,16,21,37-38H,14-15,17-18,30H2,(H2,31,32). The second-order valence-corrected chi connectivity index (χ2v) is 9.62. The molecule has 1 saturated heterocycles. The summed E-state index contributed by atoms with van der Waals surface area (Å²) in [6, 6.07) is 24.7. The lowest BCUT2D eigenvalue weighted by molar-refractivity contribution is -0.279. The molecule has 0 aliphatic carbocycles. The predicted octanol–water partition coefficient (Wildman–Crippen LogP) is 3.25. The van der Waals surface area contributed by atoms with Crippen molar-refractivity contribution in [3.05, 3.63) is 90.6 Å². The Labute approximate surface area is 220 Å². The fraction of sp³-hybridized carbons (Fsp3) is 0.207. The SMILES string of the molecule is Nc1ncccc1-c1nc2ccc(-c3ccccc3)nc2n1-c1ccc(C(O)(O)N2CCC(N)CC2)cc1. The smallest absolute Gasteiger partial charge is 0.253 e. The number of piperidine rings is 1. The zero-order chi connectivity index (χ0) is 26.3. The third-order valence-electron chi connectivity index (χ3n) is 7.15. The maximum absolute atomic E-state index is 11.0. The highest BCUT2D eigenvalue weighted by Gasteiger charge is 2.36. The lowest BCUT2D eigenvalue weighted by Crippen LogP contribution is -2.51. The molecule has 9 heteroatoms. The van der Waals surface area contributed by atoms with Gasteiger partial charge in [0.15, 0.2) is 11.5 Å². The number of rotatable bonds is 5. The molecule has 0 atom stereocenters. The summed E-state index contributed by atoms with van der Waals surface area (Å²) in [5.41, 5.74) is 17.2. The van der Waals surface area contributed by atoms with Crippen LogP contribution in [0.1, 0.15) is 18.4 Å². The molecule has 0 saturated carbocycles. The number of pyridine rings is 2. The van der Waals surface area contributed by atoms with Crippen molar-refractivity contribution >= 4 is 17.0 Å². The second kappa shape index (κ2) is 9.62. The van der Waals surface area contributed by atoms with Gasteiger partial charge in [-0.3, -0.25) is 4.57 Å². The number of aliphatic hydroxyl groups is 2. The largest absolute Gasteiger partial charge is 0.383 e. The lowest BCUT2D eigenvalue weighted by atomic mass is 10.0. The van der Waals surface area contributed by atoms with E-state index in [4.69, 9.17) is 21.4 Å². The summed E-state index contributed by atoms with van der Waals surface area (Å²) in [5.74, 6) is -1.14. The molecule has 6 N–H and O–H groups in total. The minimum Gasteiger partial charge on any atom is -0.383 e. The van der Waals surface area contributed by atoms with Gasteiger partial charge in [-0.15, -0.1) is 0 Å². The van der Waals surface area contributed by atoms with E-state index < -0.39 is 5.91 Å². The van der Waals surface area contributed by atoms with Gasteiger partial charge in [0.1, 0.15) is 11.3 Å². The number of nitrogen functional groups attached to an aromatic ring is 1. The van der Waals surface area contributed by atoms with Crippen LogP contribution in [0.15, 0.2) is 85.1 Å². The number of likely N-dealkylation sites (tertiary alicyclic amines) is 1. The van der Waals surface area contributed by atoms with Crippen LogP contribution < -0.4 is 11.5 Å². The maximum atomic E-state index is 11.0. The van der Waals surface area contributed by atoms with Crippen LogP contribution in [0.5, 0.6) is 0 Å². The zero-order valence-electron chi connectivity index (χ0n) is 20.8. The number of imidazole rings is 1. The Hall–Kier alpha value is -4.15. The van der Waals surface area contributed by atoms with Crippen molar-refractivity contribution in [3.63, 3.8) is 0 Å². The Morgan fingerprint density at radius 1 is 0.842 bits per heavy atom. The average Bonchev–Trinajstić information content (AvgIpc) is 3.32. The molecule has 1 fully saturated rings. The summed E-state index contributed by atoms with van der Waals surface area (Å²) in [6.07, 6.45) is 3.07.